The van der Waals surface area contributed by atoms with Gasteiger partial charge in [-0.3, -0.25) is 19.9 Å². The molecule has 0 saturated carbocycles. The molecule has 0 spiro atoms. The number of likely N-dealkylation sites (N-methyl/N-ethyl adjacent to an activating group) is 1. The molecular weight excluding hydrogens is 427 g/mol. The Hall–Kier alpha value is -3.17. The van der Waals surface area contributed by atoms with Gasteiger partial charge in [-0.1, -0.05) is 29.8 Å². The first-order valence-electron chi connectivity index (χ1n) is 9.38. The van der Waals surface area contributed by atoms with Gasteiger partial charge in [-0.15, -0.1) is 0 Å². The number of carbonyl (C=O) groups excluding carboxylic acids is 3. The molecule has 1 heterocycles. The van der Waals surface area contributed by atoms with E-state index in [2.05, 4.69) is 10.7 Å². The molecule has 1 aliphatic heterocycles. The van der Waals surface area contributed by atoms with E-state index in [-0.39, 0.29) is 23.7 Å². The first-order chi connectivity index (χ1) is 14.7. The van der Waals surface area contributed by atoms with Crippen molar-refractivity contribution in [3.63, 3.8) is 0 Å². The van der Waals surface area contributed by atoms with Crippen molar-refractivity contribution in [2.75, 3.05) is 20.7 Å². The van der Waals surface area contributed by atoms with E-state index in [9.17, 15) is 18.8 Å². The fourth-order valence-corrected chi connectivity index (χ4v) is 3.50. The molecule has 31 heavy (non-hydrogen) atoms. The number of halogens is 2. The number of urea groups is 1. The van der Waals surface area contributed by atoms with Crippen LogP contribution in [0, 0.1) is 5.82 Å². The smallest absolute Gasteiger partial charge is 0.344 e. The van der Waals surface area contributed by atoms with E-state index in [1.165, 1.54) is 24.1 Å². The SMILES string of the molecule is COc1ccc([C@@]2(C)NC(=O)N(NC(=O)CN(C)Cc3c(F)cccc3Cl)C2=O)cc1. The summed E-state index contributed by atoms with van der Waals surface area (Å²) in [7, 11) is 3.11. The number of rotatable bonds is 7. The minimum absolute atomic E-state index is 0.0721. The molecule has 0 aromatic heterocycles. The van der Waals surface area contributed by atoms with Gasteiger partial charge in [0.2, 0.25) is 0 Å². The third-order valence-corrected chi connectivity index (χ3v) is 5.35. The van der Waals surface area contributed by atoms with Crippen molar-refractivity contribution < 1.29 is 23.5 Å². The van der Waals surface area contributed by atoms with Gasteiger partial charge in [0.25, 0.3) is 11.8 Å². The molecule has 0 aliphatic carbocycles. The Bertz CT molecular complexity index is 997. The topological polar surface area (TPSA) is 91.0 Å². The number of benzene rings is 2. The Morgan fingerprint density at radius 1 is 1.26 bits per heavy atom. The number of imide groups is 1. The van der Waals surface area contributed by atoms with Crippen molar-refractivity contribution in [1.29, 1.82) is 0 Å². The van der Waals surface area contributed by atoms with Crippen LogP contribution in [0.15, 0.2) is 42.5 Å². The van der Waals surface area contributed by atoms with Crippen LogP contribution in [0.1, 0.15) is 18.1 Å². The van der Waals surface area contributed by atoms with Gasteiger partial charge in [-0.05, 0) is 43.8 Å². The summed E-state index contributed by atoms with van der Waals surface area (Å²) in [6.45, 7) is 1.43. The molecule has 164 valence electrons. The normalized spacial score (nSPS) is 18.3. The van der Waals surface area contributed by atoms with Gasteiger partial charge >= 0.3 is 6.03 Å². The molecule has 10 heteroatoms. The van der Waals surface area contributed by atoms with Crippen LogP contribution in [0.2, 0.25) is 5.02 Å². The first kappa shape index (κ1) is 22.5. The number of nitrogens with zero attached hydrogens (tertiary/aromatic N) is 2. The van der Waals surface area contributed by atoms with Crippen LogP contribution in [0.4, 0.5) is 9.18 Å². The van der Waals surface area contributed by atoms with Gasteiger partial charge in [-0.2, -0.15) is 5.01 Å². The van der Waals surface area contributed by atoms with Crippen molar-refractivity contribution in [3.8, 4) is 5.75 Å². The highest BCUT2D eigenvalue weighted by Gasteiger charge is 2.50. The van der Waals surface area contributed by atoms with Gasteiger partial charge in [0, 0.05) is 17.1 Å². The quantitative estimate of drug-likeness (QED) is 0.635. The predicted molar refractivity (Wildman–Crippen MR) is 112 cm³/mol. The summed E-state index contributed by atoms with van der Waals surface area (Å²) in [6.07, 6.45) is 0. The highest BCUT2D eigenvalue weighted by atomic mass is 35.5. The van der Waals surface area contributed by atoms with Gasteiger partial charge < -0.3 is 10.1 Å². The lowest BCUT2D eigenvalue weighted by Crippen LogP contribution is -2.50. The Balaban J connectivity index is 1.65. The molecular formula is C21H22ClFN4O4. The van der Waals surface area contributed by atoms with Crippen LogP contribution in [-0.4, -0.2) is 48.5 Å². The minimum Gasteiger partial charge on any atom is -0.497 e. The molecule has 1 saturated heterocycles. The average molecular weight is 449 g/mol. The molecule has 0 unspecified atom stereocenters. The molecule has 3 rings (SSSR count). The monoisotopic (exact) mass is 448 g/mol. The Morgan fingerprint density at radius 3 is 2.55 bits per heavy atom. The lowest BCUT2D eigenvalue weighted by atomic mass is 9.92. The van der Waals surface area contributed by atoms with Crippen molar-refractivity contribution in [1.82, 2.24) is 20.7 Å². The summed E-state index contributed by atoms with van der Waals surface area (Å²) in [4.78, 5) is 39.2. The number of nitrogens with one attached hydrogen (secondary N) is 2. The summed E-state index contributed by atoms with van der Waals surface area (Å²) in [5.41, 5.74) is 1.76. The van der Waals surface area contributed by atoms with E-state index in [4.69, 9.17) is 16.3 Å². The van der Waals surface area contributed by atoms with Gasteiger partial charge in [-0.25, -0.2) is 9.18 Å². The van der Waals surface area contributed by atoms with Crippen LogP contribution in [0.5, 0.6) is 5.75 Å². The fourth-order valence-electron chi connectivity index (χ4n) is 3.28. The largest absolute Gasteiger partial charge is 0.497 e. The molecule has 2 aromatic rings. The summed E-state index contributed by atoms with van der Waals surface area (Å²) in [6, 6.07) is 10.2. The summed E-state index contributed by atoms with van der Waals surface area (Å²) >= 11 is 6.01. The number of hydrogen-bond acceptors (Lipinski definition) is 5. The summed E-state index contributed by atoms with van der Waals surface area (Å²) in [5.74, 6) is -1.12. The highest BCUT2D eigenvalue weighted by Crippen LogP contribution is 2.29. The van der Waals surface area contributed by atoms with Crippen LogP contribution in [-0.2, 0) is 21.7 Å². The van der Waals surface area contributed by atoms with Crippen molar-refractivity contribution in [3.05, 3.63) is 64.4 Å². The zero-order valence-electron chi connectivity index (χ0n) is 17.2. The molecule has 1 fully saturated rings. The molecule has 4 amide bonds. The number of hydrogen-bond donors (Lipinski definition) is 2. The number of amides is 4. The Kier molecular flexibility index (Phi) is 6.47. The lowest BCUT2D eigenvalue weighted by molar-refractivity contribution is -0.139. The van der Waals surface area contributed by atoms with Gasteiger partial charge in [0.15, 0.2) is 0 Å². The molecule has 8 nitrogen and oxygen atoms in total. The van der Waals surface area contributed by atoms with Crippen molar-refractivity contribution in [2.24, 2.45) is 0 Å². The maximum absolute atomic E-state index is 13.9. The second-order valence-corrected chi connectivity index (χ2v) is 7.74. The second kappa shape index (κ2) is 8.91. The summed E-state index contributed by atoms with van der Waals surface area (Å²) < 4.78 is 19.1. The zero-order valence-corrected chi connectivity index (χ0v) is 18.0. The van der Waals surface area contributed by atoms with E-state index in [1.54, 1.807) is 44.3 Å². The lowest BCUT2D eigenvalue weighted by Gasteiger charge is -2.23. The maximum Gasteiger partial charge on any atom is 0.344 e. The molecule has 2 aromatic carbocycles. The maximum atomic E-state index is 13.9. The molecule has 0 bridgehead atoms. The molecule has 2 N–H and O–H groups in total. The Morgan fingerprint density at radius 2 is 1.94 bits per heavy atom. The fraction of sp³-hybridized carbons (Fsp3) is 0.286. The van der Waals surface area contributed by atoms with Crippen LogP contribution in [0.3, 0.4) is 0 Å². The third-order valence-electron chi connectivity index (χ3n) is 5.00. The van der Waals surface area contributed by atoms with Crippen LogP contribution in [0.25, 0.3) is 0 Å². The minimum atomic E-state index is -1.34. The van der Waals surface area contributed by atoms with Gasteiger partial charge in [0.05, 0.1) is 13.7 Å². The molecule has 0 radical (unpaired) electrons. The van der Waals surface area contributed by atoms with Crippen LogP contribution >= 0.6 is 11.6 Å². The molecule has 1 aliphatic rings. The number of ether oxygens (including phenoxy) is 1. The standard InChI is InChI=1S/C21H22ClFN4O4/c1-21(13-7-9-14(31-3)10-8-13)19(29)27(20(30)24-21)25-18(28)12-26(2)11-15-16(22)5-4-6-17(15)23/h4-10H,11-12H2,1-3H3,(H,24,30)(H,25,28)/t21-/m1/s1. The van der Waals surface area contributed by atoms with Crippen LogP contribution < -0.4 is 15.5 Å². The van der Waals surface area contributed by atoms with E-state index >= 15 is 0 Å². The van der Waals surface area contributed by atoms with Crippen molar-refractivity contribution in [2.45, 2.75) is 19.0 Å². The van der Waals surface area contributed by atoms with E-state index in [0.29, 0.717) is 16.3 Å². The predicted octanol–water partition coefficient (Wildman–Crippen LogP) is 2.42. The number of hydrazine groups is 1. The Labute approximate surface area is 183 Å². The summed E-state index contributed by atoms with van der Waals surface area (Å²) in [5, 5.41) is 3.49. The van der Waals surface area contributed by atoms with E-state index < -0.39 is 29.2 Å². The highest BCUT2D eigenvalue weighted by molar-refractivity contribution is 6.31. The average Bonchev–Trinajstić information content (AvgIpc) is 2.94. The van der Waals surface area contributed by atoms with Crippen molar-refractivity contribution >= 4 is 29.4 Å². The van der Waals surface area contributed by atoms with Gasteiger partial charge in [0.1, 0.15) is 17.1 Å². The number of methoxy groups -OCH3 is 1. The second-order valence-electron chi connectivity index (χ2n) is 7.33. The third kappa shape index (κ3) is 4.62. The zero-order chi connectivity index (χ0) is 22.8. The van der Waals surface area contributed by atoms with E-state index in [0.717, 1.165) is 0 Å². The first-order valence-corrected chi connectivity index (χ1v) is 9.75. The number of carbonyl (C=O) groups is 3. The molecule has 1 atom stereocenters. The van der Waals surface area contributed by atoms with E-state index in [1.807, 2.05) is 0 Å².